The molecule has 2 aromatic rings. The summed E-state index contributed by atoms with van der Waals surface area (Å²) in [6.07, 6.45) is -0.681. The Balaban J connectivity index is 2.38. The fourth-order valence-corrected chi connectivity index (χ4v) is 1.78. The quantitative estimate of drug-likeness (QED) is 0.708. The topological polar surface area (TPSA) is 110 Å². The highest BCUT2D eigenvalue weighted by Crippen LogP contribution is 2.16. The summed E-state index contributed by atoms with van der Waals surface area (Å²) in [7, 11) is 0. The molecule has 0 aliphatic heterocycles. The van der Waals surface area contributed by atoms with Gasteiger partial charge in [0.15, 0.2) is 0 Å². The number of nitrogens with one attached hydrogen (secondary N) is 1. The number of fused-ring (bicyclic) bond motifs is 1. The number of carbonyl (C=O) groups excluding carboxylic acids is 1. The first-order valence-corrected chi connectivity index (χ1v) is 7.32. The van der Waals surface area contributed by atoms with Gasteiger partial charge >= 0.3 is 6.09 Å². The maximum absolute atomic E-state index is 11.9. The van der Waals surface area contributed by atoms with Gasteiger partial charge in [-0.05, 0) is 45.0 Å². The van der Waals surface area contributed by atoms with Crippen LogP contribution in [0.4, 0.5) is 4.79 Å². The van der Waals surface area contributed by atoms with Gasteiger partial charge in [-0.15, -0.1) is 9.89 Å². The van der Waals surface area contributed by atoms with Gasteiger partial charge < -0.3 is 14.9 Å². The Labute approximate surface area is 139 Å². The number of rotatable bonds is 2. The molecular weight excluding hydrogens is 312 g/mol. The molecule has 0 aliphatic rings. The lowest BCUT2D eigenvalue weighted by molar-refractivity contribution is 0.0518. The second kappa shape index (κ2) is 6.47. The highest BCUT2D eigenvalue weighted by atomic mass is 16.6. The maximum Gasteiger partial charge on any atom is 0.428 e. The van der Waals surface area contributed by atoms with E-state index in [1.54, 1.807) is 39.0 Å². The number of para-hydroxylation sites is 1. The van der Waals surface area contributed by atoms with Crippen LogP contribution in [0.1, 0.15) is 33.3 Å². The molecule has 1 atom stereocenters. The summed E-state index contributed by atoms with van der Waals surface area (Å²) in [6, 6.07) is 5.14. The highest BCUT2D eigenvalue weighted by Gasteiger charge is 2.19. The lowest BCUT2D eigenvalue weighted by atomic mass is 10.1. The normalized spacial score (nSPS) is 13.8. The van der Waals surface area contributed by atoms with Crippen molar-refractivity contribution in [2.24, 2.45) is 0 Å². The summed E-state index contributed by atoms with van der Waals surface area (Å²) in [5.74, 6) is 5.34. The second-order valence-corrected chi connectivity index (χ2v) is 6.47. The molecule has 128 valence electrons. The number of hydrogen-bond acceptors (Lipinski definition) is 6. The summed E-state index contributed by atoms with van der Waals surface area (Å²) >= 11 is 0. The molecule has 1 aromatic heterocycles. The van der Waals surface area contributed by atoms with Crippen molar-refractivity contribution in [2.45, 2.75) is 38.9 Å². The molecular formula is C16H20N4O4. The number of benzene rings is 1. The number of aromatic nitrogens is 3. The van der Waals surface area contributed by atoms with E-state index in [1.165, 1.54) is 11.7 Å². The van der Waals surface area contributed by atoms with Gasteiger partial charge in [0.05, 0.1) is 12.2 Å². The predicted octanol–water partition coefficient (Wildman–Crippen LogP) is 1.00. The van der Waals surface area contributed by atoms with Crippen LogP contribution in [0.25, 0.3) is 11.0 Å². The molecule has 0 radical (unpaired) electrons. The average Bonchev–Trinajstić information content (AvgIpc) is 2.87. The summed E-state index contributed by atoms with van der Waals surface area (Å²) in [5.41, 5.74) is 1.76. The monoisotopic (exact) mass is 332 g/mol. The van der Waals surface area contributed by atoms with Crippen LogP contribution in [0.15, 0.2) is 18.2 Å². The highest BCUT2D eigenvalue weighted by molar-refractivity contribution is 5.84. The lowest BCUT2D eigenvalue weighted by Crippen LogP contribution is -2.32. The fraction of sp³-hybridized carbons (Fsp3) is 0.438. The molecule has 1 aromatic carbocycles. The summed E-state index contributed by atoms with van der Waals surface area (Å²) in [5, 5.41) is 26.7. The Morgan fingerprint density at radius 1 is 1.38 bits per heavy atom. The molecule has 0 saturated heterocycles. The van der Waals surface area contributed by atoms with Crippen molar-refractivity contribution in [3.05, 3.63) is 23.8 Å². The first-order valence-electron chi connectivity index (χ1n) is 7.32. The molecule has 24 heavy (non-hydrogen) atoms. The van der Waals surface area contributed by atoms with Gasteiger partial charge in [0, 0.05) is 0 Å². The van der Waals surface area contributed by atoms with Crippen LogP contribution in [-0.2, 0) is 4.74 Å². The third-order valence-electron chi connectivity index (χ3n) is 2.84. The van der Waals surface area contributed by atoms with Gasteiger partial charge in [-0.1, -0.05) is 17.9 Å². The Hall–Kier alpha value is -2.63. The number of ether oxygens (including phenoxy) is 1. The van der Waals surface area contributed by atoms with Crippen LogP contribution >= 0.6 is 0 Å². The van der Waals surface area contributed by atoms with Crippen LogP contribution in [0.5, 0.6) is 0 Å². The van der Waals surface area contributed by atoms with Crippen molar-refractivity contribution in [2.75, 3.05) is 12.0 Å². The van der Waals surface area contributed by atoms with Gasteiger partial charge in [0.2, 0.25) is 0 Å². The van der Waals surface area contributed by atoms with E-state index in [1.807, 2.05) is 0 Å². The Kier molecular flexibility index (Phi) is 4.78. The van der Waals surface area contributed by atoms with Gasteiger partial charge in [-0.2, -0.15) is 0 Å². The standard InChI is InChI=1S/C16H20N4O4/c1-15(2,3)24-14(22)18-20-13-11(8-9-16(4,23)10-21)6-5-7-12(13)17-19-20/h5-7,21,23H,10H2,1-4H3,(H,18,22). The second-order valence-electron chi connectivity index (χ2n) is 6.47. The average molecular weight is 332 g/mol. The van der Waals surface area contributed by atoms with E-state index < -0.39 is 23.9 Å². The van der Waals surface area contributed by atoms with Crippen molar-refractivity contribution >= 4 is 17.1 Å². The van der Waals surface area contributed by atoms with E-state index in [0.717, 1.165) is 0 Å². The number of carbonyl (C=O) groups is 1. The van der Waals surface area contributed by atoms with Gasteiger partial charge in [0.1, 0.15) is 22.2 Å². The zero-order valence-corrected chi connectivity index (χ0v) is 14.0. The predicted molar refractivity (Wildman–Crippen MR) is 87.7 cm³/mol. The van der Waals surface area contributed by atoms with Crippen LogP contribution in [0, 0.1) is 11.8 Å². The summed E-state index contributed by atoms with van der Waals surface area (Å²) in [6.45, 7) is 6.15. The smallest absolute Gasteiger partial charge is 0.428 e. The Bertz CT molecular complexity index is 809. The molecule has 3 N–H and O–H groups in total. The molecule has 0 bridgehead atoms. The van der Waals surface area contributed by atoms with Crippen LogP contribution in [0.3, 0.4) is 0 Å². The molecule has 2 rings (SSSR count). The number of hydrogen-bond donors (Lipinski definition) is 3. The third kappa shape index (κ3) is 4.44. The number of nitrogens with zero attached hydrogens (tertiary/aromatic N) is 3. The van der Waals surface area contributed by atoms with Crippen molar-refractivity contribution in [1.82, 2.24) is 15.1 Å². The molecule has 0 aliphatic carbocycles. The van der Waals surface area contributed by atoms with Gasteiger partial charge in [-0.25, -0.2) is 10.2 Å². The minimum atomic E-state index is -1.53. The van der Waals surface area contributed by atoms with Crippen molar-refractivity contribution < 1.29 is 19.7 Å². The van der Waals surface area contributed by atoms with E-state index >= 15 is 0 Å². The number of amides is 1. The number of aliphatic hydroxyl groups excluding tert-OH is 1. The van der Waals surface area contributed by atoms with Crippen molar-refractivity contribution in [1.29, 1.82) is 0 Å². The molecule has 1 amide bonds. The van der Waals surface area contributed by atoms with E-state index in [2.05, 4.69) is 27.6 Å². The Morgan fingerprint density at radius 2 is 2.08 bits per heavy atom. The molecule has 8 nitrogen and oxygen atoms in total. The largest absolute Gasteiger partial charge is 0.443 e. The van der Waals surface area contributed by atoms with Crippen molar-refractivity contribution in [3.63, 3.8) is 0 Å². The molecule has 1 unspecified atom stereocenters. The summed E-state index contributed by atoms with van der Waals surface area (Å²) in [4.78, 5) is 13.1. The van der Waals surface area contributed by atoms with E-state index in [-0.39, 0.29) is 0 Å². The molecule has 1 heterocycles. The molecule has 8 heteroatoms. The zero-order valence-electron chi connectivity index (χ0n) is 14.0. The van der Waals surface area contributed by atoms with Crippen LogP contribution in [-0.4, -0.2) is 49.2 Å². The third-order valence-corrected chi connectivity index (χ3v) is 2.84. The van der Waals surface area contributed by atoms with Crippen molar-refractivity contribution in [3.8, 4) is 11.8 Å². The maximum atomic E-state index is 11.9. The van der Waals surface area contributed by atoms with Crippen LogP contribution in [0.2, 0.25) is 0 Å². The van der Waals surface area contributed by atoms with E-state index in [9.17, 15) is 9.90 Å². The minimum absolute atomic E-state index is 0.463. The number of aliphatic hydroxyl groups is 2. The SMILES string of the molecule is CC(O)(C#Cc1cccc2nnn(NC(=O)OC(C)(C)C)c12)CO. The van der Waals surface area contributed by atoms with E-state index in [4.69, 9.17) is 9.84 Å². The summed E-state index contributed by atoms with van der Waals surface area (Å²) < 4.78 is 5.18. The Morgan fingerprint density at radius 3 is 2.71 bits per heavy atom. The van der Waals surface area contributed by atoms with E-state index in [0.29, 0.717) is 16.6 Å². The van der Waals surface area contributed by atoms with Crippen LogP contribution < -0.4 is 5.43 Å². The van der Waals surface area contributed by atoms with Gasteiger partial charge in [0.25, 0.3) is 0 Å². The first kappa shape index (κ1) is 17.7. The zero-order chi connectivity index (χ0) is 18.0. The fourth-order valence-electron chi connectivity index (χ4n) is 1.78. The minimum Gasteiger partial charge on any atom is -0.443 e. The lowest BCUT2D eigenvalue weighted by Gasteiger charge is -2.19. The molecule has 0 saturated carbocycles. The van der Waals surface area contributed by atoms with Gasteiger partial charge in [-0.3, -0.25) is 0 Å². The first-order chi connectivity index (χ1) is 11.1. The molecule has 0 fully saturated rings. The molecule has 0 spiro atoms.